The quantitative estimate of drug-likeness (QED) is 0.378. The second-order valence-electron chi connectivity index (χ2n) is 9.39. The number of hydrogen-bond donors (Lipinski definition) is 0. The molecule has 1 aliphatic heterocycles. The van der Waals surface area contributed by atoms with Crippen molar-refractivity contribution in [2.24, 2.45) is 5.92 Å². The van der Waals surface area contributed by atoms with Crippen molar-refractivity contribution in [3.8, 4) is 0 Å². The number of carbonyl (C=O) groups is 1. The molecule has 0 bridgehead atoms. The van der Waals surface area contributed by atoms with Crippen molar-refractivity contribution in [2.75, 3.05) is 13.1 Å². The molecule has 5 rings (SSSR count). The van der Waals surface area contributed by atoms with E-state index in [4.69, 9.17) is 4.42 Å². The lowest BCUT2D eigenvalue weighted by atomic mass is 9.84. The third-order valence-corrected chi connectivity index (χ3v) is 7.27. The van der Waals surface area contributed by atoms with Crippen LogP contribution in [-0.4, -0.2) is 28.8 Å². The molecule has 1 aromatic carbocycles. The van der Waals surface area contributed by atoms with Crippen molar-refractivity contribution in [1.82, 2.24) is 9.88 Å². The van der Waals surface area contributed by atoms with Crippen molar-refractivity contribution < 1.29 is 13.6 Å². The van der Waals surface area contributed by atoms with Crippen LogP contribution >= 0.6 is 0 Å². The SMILES string of the molecule is O=C(C1CCCCCC1)C(CCN1C=C(c2ccc(F)c3ccoc23)CC1)c1ccccn1. The number of benzene rings is 1. The van der Waals surface area contributed by atoms with E-state index in [9.17, 15) is 9.18 Å². The minimum absolute atomic E-state index is 0.158. The van der Waals surface area contributed by atoms with Gasteiger partial charge in [0.25, 0.3) is 0 Å². The Morgan fingerprint density at radius 2 is 1.97 bits per heavy atom. The summed E-state index contributed by atoms with van der Waals surface area (Å²) < 4.78 is 19.7. The number of furan rings is 1. The first-order valence-corrected chi connectivity index (χ1v) is 12.3. The van der Waals surface area contributed by atoms with E-state index in [-0.39, 0.29) is 17.7 Å². The first-order valence-electron chi connectivity index (χ1n) is 12.3. The number of nitrogens with zero attached hydrogens (tertiary/aromatic N) is 2. The van der Waals surface area contributed by atoms with Gasteiger partial charge in [-0.05, 0) is 61.6 Å². The highest BCUT2D eigenvalue weighted by atomic mass is 19.1. The molecule has 0 spiro atoms. The number of pyridine rings is 1. The van der Waals surface area contributed by atoms with Crippen molar-refractivity contribution in [3.05, 3.63) is 72.1 Å². The third kappa shape index (κ3) is 4.73. The lowest BCUT2D eigenvalue weighted by molar-refractivity contribution is -0.125. The van der Waals surface area contributed by atoms with Crippen LogP contribution in [0.4, 0.5) is 4.39 Å². The molecule has 3 heterocycles. The lowest BCUT2D eigenvalue weighted by Crippen LogP contribution is -2.26. The maximum Gasteiger partial charge on any atom is 0.145 e. The molecule has 1 saturated carbocycles. The highest BCUT2D eigenvalue weighted by molar-refractivity contribution is 5.90. The summed E-state index contributed by atoms with van der Waals surface area (Å²) >= 11 is 0. The fraction of sp³-hybridized carbons (Fsp3) is 0.429. The van der Waals surface area contributed by atoms with E-state index < -0.39 is 0 Å². The van der Waals surface area contributed by atoms with Crippen LogP contribution in [0.1, 0.15) is 68.5 Å². The Hall–Kier alpha value is -2.95. The molecule has 2 aromatic heterocycles. The standard InChI is InChI=1S/C28H31FN2O2/c29-25-11-10-22(28-23(25)14-18-33-28)21-12-16-31(19-21)17-13-24(26-9-5-6-15-30-26)27(32)20-7-3-1-2-4-8-20/h5-6,9-11,14-15,18-20,24H,1-4,7-8,12-13,16-17H2. The Morgan fingerprint density at radius 1 is 1.12 bits per heavy atom. The Morgan fingerprint density at radius 3 is 2.76 bits per heavy atom. The molecule has 5 heteroatoms. The monoisotopic (exact) mass is 446 g/mol. The molecule has 1 fully saturated rings. The molecule has 0 saturated heterocycles. The van der Waals surface area contributed by atoms with Gasteiger partial charge in [-0.1, -0.05) is 31.7 Å². The minimum Gasteiger partial charge on any atom is -0.464 e. The number of ketones is 1. The molecule has 4 nitrogen and oxygen atoms in total. The van der Waals surface area contributed by atoms with E-state index in [0.29, 0.717) is 16.8 Å². The van der Waals surface area contributed by atoms with Crippen LogP contribution in [0.2, 0.25) is 0 Å². The molecular weight excluding hydrogens is 415 g/mol. The Balaban J connectivity index is 1.32. The summed E-state index contributed by atoms with van der Waals surface area (Å²) in [4.78, 5) is 20.4. The highest BCUT2D eigenvalue weighted by Crippen LogP contribution is 2.34. The third-order valence-electron chi connectivity index (χ3n) is 7.27. The normalized spacial score (nSPS) is 18.3. The summed E-state index contributed by atoms with van der Waals surface area (Å²) in [6.45, 7) is 1.69. The maximum absolute atomic E-state index is 14.1. The Kier molecular flexibility index (Phi) is 6.56. The van der Waals surface area contributed by atoms with E-state index in [0.717, 1.165) is 68.4 Å². The second kappa shape index (κ2) is 9.90. The minimum atomic E-state index is -0.256. The lowest BCUT2D eigenvalue weighted by Gasteiger charge is -2.24. The van der Waals surface area contributed by atoms with Gasteiger partial charge in [-0.3, -0.25) is 9.78 Å². The number of carbonyl (C=O) groups excluding carboxylic acids is 1. The summed E-state index contributed by atoms with van der Waals surface area (Å²) in [7, 11) is 0. The molecule has 0 radical (unpaired) electrons. The van der Waals surface area contributed by atoms with Crippen LogP contribution < -0.4 is 0 Å². The Labute approximate surface area is 194 Å². The molecule has 1 atom stereocenters. The van der Waals surface area contributed by atoms with Gasteiger partial charge in [-0.25, -0.2) is 4.39 Å². The molecule has 172 valence electrons. The predicted octanol–water partition coefficient (Wildman–Crippen LogP) is 6.73. The topological polar surface area (TPSA) is 46.3 Å². The van der Waals surface area contributed by atoms with Gasteiger partial charge >= 0.3 is 0 Å². The second-order valence-corrected chi connectivity index (χ2v) is 9.39. The summed E-state index contributed by atoms with van der Waals surface area (Å²) in [5, 5.41) is 0.524. The number of hydrogen-bond acceptors (Lipinski definition) is 4. The average molecular weight is 447 g/mol. The van der Waals surface area contributed by atoms with Gasteiger partial charge < -0.3 is 9.32 Å². The van der Waals surface area contributed by atoms with Crippen molar-refractivity contribution in [1.29, 1.82) is 0 Å². The average Bonchev–Trinajstić information content (AvgIpc) is 3.44. The predicted molar refractivity (Wildman–Crippen MR) is 128 cm³/mol. The smallest absolute Gasteiger partial charge is 0.145 e. The molecule has 1 unspecified atom stereocenters. The summed E-state index contributed by atoms with van der Waals surface area (Å²) in [6, 6.07) is 10.9. The fourth-order valence-electron chi connectivity index (χ4n) is 5.44. The van der Waals surface area contributed by atoms with Crippen LogP contribution in [0.3, 0.4) is 0 Å². The zero-order valence-corrected chi connectivity index (χ0v) is 19.0. The Bertz CT molecular complexity index is 1130. The molecule has 1 aliphatic carbocycles. The van der Waals surface area contributed by atoms with Crippen LogP contribution in [0.25, 0.3) is 16.5 Å². The highest BCUT2D eigenvalue weighted by Gasteiger charge is 2.30. The van der Waals surface area contributed by atoms with E-state index in [1.54, 1.807) is 18.5 Å². The van der Waals surface area contributed by atoms with Crippen LogP contribution in [0.5, 0.6) is 0 Å². The van der Waals surface area contributed by atoms with Gasteiger partial charge in [-0.2, -0.15) is 0 Å². The molecule has 0 N–H and O–H groups in total. The van der Waals surface area contributed by atoms with Gasteiger partial charge in [0.05, 0.1) is 23.3 Å². The number of aromatic nitrogens is 1. The molecular formula is C28H31FN2O2. The van der Waals surface area contributed by atoms with E-state index >= 15 is 0 Å². The summed E-state index contributed by atoms with van der Waals surface area (Å²) in [6.07, 6.45) is 13.9. The largest absolute Gasteiger partial charge is 0.464 e. The summed E-state index contributed by atoms with van der Waals surface area (Å²) in [5.41, 5.74) is 3.61. The molecule has 0 amide bonds. The van der Waals surface area contributed by atoms with Crippen molar-refractivity contribution in [2.45, 2.75) is 57.3 Å². The zero-order chi connectivity index (χ0) is 22.6. The van der Waals surface area contributed by atoms with Gasteiger partial charge in [0.1, 0.15) is 17.2 Å². The number of halogens is 1. The van der Waals surface area contributed by atoms with Crippen LogP contribution in [-0.2, 0) is 4.79 Å². The summed E-state index contributed by atoms with van der Waals surface area (Å²) in [5.74, 6) is 0.119. The van der Waals surface area contributed by atoms with E-state index in [1.807, 2.05) is 24.3 Å². The van der Waals surface area contributed by atoms with E-state index in [2.05, 4.69) is 16.1 Å². The first-order chi connectivity index (χ1) is 16.2. The van der Waals surface area contributed by atoms with Crippen LogP contribution in [0, 0.1) is 11.7 Å². The molecule has 33 heavy (non-hydrogen) atoms. The number of rotatable bonds is 7. The van der Waals surface area contributed by atoms with Crippen molar-refractivity contribution >= 4 is 22.3 Å². The number of fused-ring (bicyclic) bond motifs is 1. The fourth-order valence-corrected chi connectivity index (χ4v) is 5.44. The van der Waals surface area contributed by atoms with Gasteiger partial charge in [0.2, 0.25) is 0 Å². The van der Waals surface area contributed by atoms with E-state index in [1.165, 1.54) is 18.9 Å². The van der Waals surface area contributed by atoms with Gasteiger partial charge in [0.15, 0.2) is 0 Å². The molecule has 3 aromatic rings. The zero-order valence-electron chi connectivity index (χ0n) is 19.0. The van der Waals surface area contributed by atoms with Crippen molar-refractivity contribution in [3.63, 3.8) is 0 Å². The molecule has 2 aliphatic rings. The first kappa shape index (κ1) is 21.9. The van der Waals surface area contributed by atoms with Gasteiger partial charge in [0, 0.05) is 37.0 Å². The maximum atomic E-state index is 14.1. The number of Topliss-reactive ketones (excluding diaryl/α,β-unsaturated/α-hetero) is 1. The van der Waals surface area contributed by atoms with Gasteiger partial charge in [-0.15, -0.1) is 0 Å². The van der Waals surface area contributed by atoms with Crippen LogP contribution in [0.15, 0.2) is 59.5 Å².